The normalized spacial score (nSPS) is 11.4. The number of carbonyl (C=O) groups is 1. The molecule has 0 radical (unpaired) electrons. The lowest BCUT2D eigenvalue weighted by molar-refractivity contribution is 0.0954. The molecule has 0 saturated carbocycles. The summed E-state index contributed by atoms with van der Waals surface area (Å²) in [7, 11) is 1.75. The SMILES string of the molecule is CCC(CC)CNC(=NC)NCCNC(=O)c1ccccc1. The number of hydrogen-bond acceptors (Lipinski definition) is 2. The minimum atomic E-state index is -0.0534. The topological polar surface area (TPSA) is 65.5 Å². The van der Waals surface area contributed by atoms with Gasteiger partial charge in [0.25, 0.3) is 5.91 Å². The summed E-state index contributed by atoms with van der Waals surface area (Å²) >= 11 is 0. The number of hydrogen-bond donors (Lipinski definition) is 3. The lowest BCUT2D eigenvalue weighted by atomic mass is 10.0. The number of carbonyl (C=O) groups excluding carboxylic acids is 1. The van der Waals surface area contributed by atoms with Crippen LogP contribution in [0.1, 0.15) is 37.0 Å². The average Bonchev–Trinajstić information content (AvgIpc) is 2.58. The molecule has 3 N–H and O–H groups in total. The molecule has 0 atom stereocenters. The van der Waals surface area contributed by atoms with Gasteiger partial charge in [-0.2, -0.15) is 0 Å². The number of nitrogens with one attached hydrogen (secondary N) is 3. The predicted octanol–water partition coefficient (Wildman–Crippen LogP) is 2.02. The van der Waals surface area contributed by atoms with Crippen LogP contribution in [0.15, 0.2) is 35.3 Å². The lowest BCUT2D eigenvalue weighted by Gasteiger charge is -2.16. The summed E-state index contributed by atoms with van der Waals surface area (Å²) in [4.78, 5) is 16.1. The number of amides is 1. The fourth-order valence-electron chi connectivity index (χ4n) is 2.09. The summed E-state index contributed by atoms with van der Waals surface area (Å²) in [6.07, 6.45) is 2.32. The minimum Gasteiger partial charge on any atom is -0.356 e. The van der Waals surface area contributed by atoms with Crippen LogP contribution >= 0.6 is 0 Å². The summed E-state index contributed by atoms with van der Waals surface area (Å²) in [5.41, 5.74) is 0.679. The van der Waals surface area contributed by atoms with Crippen LogP contribution in [0, 0.1) is 5.92 Å². The second-order valence-corrected chi connectivity index (χ2v) is 5.18. The fraction of sp³-hybridized carbons (Fsp3) is 0.529. The van der Waals surface area contributed by atoms with Crippen LogP contribution in [-0.4, -0.2) is 38.5 Å². The number of nitrogens with zero attached hydrogens (tertiary/aromatic N) is 1. The number of aliphatic imine (C=N–C) groups is 1. The van der Waals surface area contributed by atoms with Crippen molar-refractivity contribution in [1.82, 2.24) is 16.0 Å². The molecular weight excluding hydrogens is 276 g/mol. The first kappa shape index (κ1) is 18.0. The van der Waals surface area contributed by atoms with E-state index in [9.17, 15) is 4.79 Å². The summed E-state index contributed by atoms with van der Waals surface area (Å²) in [5, 5.41) is 9.40. The first-order valence-electron chi connectivity index (χ1n) is 7.99. The Morgan fingerprint density at radius 2 is 1.68 bits per heavy atom. The van der Waals surface area contributed by atoms with E-state index < -0.39 is 0 Å². The van der Waals surface area contributed by atoms with E-state index in [1.807, 2.05) is 18.2 Å². The molecule has 0 unspecified atom stereocenters. The van der Waals surface area contributed by atoms with E-state index in [4.69, 9.17) is 0 Å². The van der Waals surface area contributed by atoms with Crippen LogP contribution in [0.5, 0.6) is 0 Å². The Labute approximate surface area is 133 Å². The van der Waals surface area contributed by atoms with Crippen LogP contribution in [0.3, 0.4) is 0 Å². The molecular formula is C17H28N4O. The molecule has 1 rings (SSSR count). The molecule has 5 heteroatoms. The summed E-state index contributed by atoms with van der Waals surface area (Å²) in [5.74, 6) is 1.39. The van der Waals surface area contributed by atoms with Gasteiger partial charge in [-0.1, -0.05) is 44.9 Å². The molecule has 0 spiro atoms. The molecule has 122 valence electrons. The van der Waals surface area contributed by atoms with Gasteiger partial charge in [-0.05, 0) is 18.1 Å². The second kappa shape index (κ2) is 10.7. The highest BCUT2D eigenvalue weighted by atomic mass is 16.1. The molecule has 0 bridgehead atoms. The van der Waals surface area contributed by atoms with E-state index >= 15 is 0 Å². The van der Waals surface area contributed by atoms with Crippen molar-refractivity contribution in [1.29, 1.82) is 0 Å². The molecule has 0 saturated heterocycles. The van der Waals surface area contributed by atoms with Gasteiger partial charge >= 0.3 is 0 Å². The van der Waals surface area contributed by atoms with Gasteiger partial charge in [0.2, 0.25) is 0 Å². The smallest absolute Gasteiger partial charge is 0.251 e. The maximum atomic E-state index is 11.9. The third kappa shape index (κ3) is 6.61. The van der Waals surface area contributed by atoms with E-state index in [2.05, 4.69) is 34.8 Å². The molecule has 1 aromatic rings. The first-order valence-corrected chi connectivity index (χ1v) is 7.99. The maximum Gasteiger partial charge on any atom is 0.251 e. The Morgan fingerprint density at radius 1 is 1.05 bits per heavy atom. The fourth-order valence-corrected chi connectivity index (χ4v) is 2.09. The van der Waals surface area contributed by atoms with Crippen LogP contribution in [0.25, 0.3) is 0 Å². The van der Waals surface area contributed by atoms with Gasteiger partial charge in [0.05, 0.1) is 0 Å². The summed E-state index contributed by atoms with van der Waals surface area (Å²) in [6, 6.07) is 9.22. The van der Waals surface area contributed by atoms with Crippen molar-refractivity contribution in [2.75, 3.05) is 26.7 Å². The highest BCUT2D eigenvalue weighted by molar-refractivity contribution is 5.94. The van der Waals surface area contributed by atoms with Crippen molar-refractivity contribution < 1.29 is 4.79 Å². The van der Waals surface area contributed by atoms with E-state index in [0.29, 0.717) is 24.6 Å². The standard InChI is InChI=1S/C17H28N4O/c1-4-14(5-2)13-21-17(18-3)20-12-11-19-16(22)15-9-7-6-8-10-15/h6-10,14H,4-5,11-13H2,1-3H3,(H,19,22)(H2,18,20,21). The largest absolute Gasteiger partial charge is 0.356 e. The van der Waals surface area contributed by atoms with Crippen molar-refractivity contribution in [3.8, 4) is 0 Å². The van der Waals surface area contributed by atoms with E-state index in [1.54, 1.807) is 19.2 Å². The summed E-state index contributed by atoms with van der Waals surface area (Å²) < 4.78 is 0. The van der Waals surface area contributed by atoms with Crippen LogP contribution in [-0.2, 0) is 0 Å². The first-order chi connectivity index (χ1) is 10.7. The number of guanidine groups is 1. The maximum absolute atomic E-state index is 11.9. The van der Waals surface area contributed by atoms with Crippen LogP contribution in [0.2, 0.25) is 0 Å². The Balaban J connectivity index is 2.23. The van der Waals surface area contributed by atoms with Gasteiger partial charge in [0, 0.05) is 32.2 Å². The quantitative estimate of drug-likeness (QED) is 0.391. The van der Waals surface area contributed by atoms with E-state index in [1.165, 1.54) is 0 Å². The van der Waals surface area contributed by atoms with Crippen molar-refractivity contribution >= 4 is 11.9 Å². The van der Waals surface area contributed by atoms with Crippen LogP contribution in [0.4, 0.5) is 0 Å². The molecule has 0 heterocycles. The van der Waals surface area contributed by atoms with Gasteiger partial charge < -0.3 is 16.0 Å². The molecule has 22 heavy (non-hydrogen) atoms. The zero-order chi connectivity index (χ0) is 16.2. The summed E-state index contributed by atoms with van der Waals surface area (Å²) in [6.45, 7) is 6.51. The second-order valence-electron chi connectivity index (χ2n) is 5.18. The molecule has 0 aliphatic heterocycles. The van der Waals surface area contributed by atoms with E-state index in [-0.39, 0.29) is 5.91 Å². The van der Waals surface area contributed by atoms with Gasteiger partial charge in [-0.15, -0.1) is 0 Å². The third-order valence-electron chi connectivity index (χ3n) is 3.68. The zero-order valence-corrected chi connectivity index (χ0v) is 13.9. The predicted molar refractivity (Wildman–Crippen MR) is 92.2 cm³/mol. The van der Waals surface area contributed by atoms with Gasteiger partial charge in [-0.25, -0.2) is 0 Å². The van der Waals surface area contributed by atoms with Crippen molar-refractivity contribution in [2.24, 2.45) is 10.9 Å². The Bertz CT molecular complexity index is 455. The lowest BCUT2D eigenvalue weighted by Crippen LogP contribution is -2.43. The molecule has 1 aromatic carbocycles. The number of rotatable bonds is 8. The highest BCUT2D eigenvalue weighted by Gasteiger charge is 2.05. The molecule has 0 fully saturated rings. The molecule has 0 aliphatic carbocycles. The van der Waals surface area contributed by atoms with Gasteiger partial charge in [-0.3, -0.25) is 9.79 Å². The average molecular weight is 304 g/mol. The van der Waals surface area contributed by atoms with Crippen LogP contribution < -0.4 is 16.0 Å². The van der Waals surface area contributed by atoms with Crippen molar-refractivity contribution in [3.05, 3.63) is 35.9 Å². The van der Waals surface area contributed by atoms with Gasteiger partial charge in [0.15, 0.2) is 5.96 Å². The minimum absolute atomic E-state index is 0.0534. The molecule has 0 aliphatic rings. The highest BCUT2D eigenvalue weighted by Crippen LogP contribution is 2.04. The Hall–Kier alpha value is -2.04. The molecule has 5 nitrogen and oxygen atoms in total. The molecule has 0 aromatic heterocycles. The number of benzene rings is 1. The van der Waals surface area contributed by atoms with Crippen molar-refractivity contribution in [2.45, 2.75) is 26.7 Å². The Kier molecular flexibility index (Phi) is 8.72. The monoisotopic (exact) mass is 304 g/mol. The molecule has 1 amide bonds. The Morgan fingerprint density at radius 3 is 2.27 bits per heavy atom. The van der Waals surface area contributed by atoms with E-state index in [0.717, 1.165) is 25.3 Å². The third-order valence-corrected chi connectivity index (χ3v) is 3.68. The van der Waals surface area contributed by atoms with Crippen molar-refractivity contribution in [3.63, 3.8) is 0 Å². The zero-order valence-electron chi connectivity index (χ0n) is 13.9. The van der Waals surface area contributed by atoms with Gasteiger partial charge in [0.1, 0.15) is 0 Å².